The smallest absolute Gasteiger partial charge is 0.270 e. The van der Waals surface area contributed by atoms with E-state index in [0.29, 0.717) is 17.5 Å². The molecule has 0 bridgehead atoms. The van der Waals surface area contributed by atoms with E-state index in [4.69, 9.17) is 0 Å². The van der Waals surface area contributed by atoms with Crippen molar-refractivity contribution in [3.05, 3.63) is 33.4 Å². The highest BCUT2D eigenvalue weighted by Crippen LogP contribution is 2.28. The van der Waals surface area contributed by atoms with E-state index < -0.39 is 4.92 Å². The fourth-order valence-electron chi connectivity index (χ4n) is 1.40. The normalized spacial score (nSPS) is 10.1. The molecule has 0 aromatic heterocycles. The number of nitrogens with zero attached hydrogens (tertiary/aromatic N) is 1. The Morgan fingerprint density at radius 3 is 2.64 bits per heavy atom. The monoisotopic (exact) mass is 195 g/mol. The second kappa shape index (κ2) is 4.09. The van der Waals surface area contributed by atoms with Gasteiger partial charge in [0.2, 0.25) is 0 Å². The van der Waals surface area contributed by atoms with Crippen LogP contribution >= 0.6 is 0 Å². The van der Waals surface area contributed by atoms with Crippen molar-refractivity contribution in [1.82, 2.24) is 0 Å². The first kappa shape index (κ1) is 10.5. The van der Waals surface area contributed by atoms with Gasteiger partial charge in [-0.1, -0.05) is 13.3 Å². The van der Waals surface area contributed by atoms with E-state index >= 15 is 0 Å². The summed E-state index contributed by atoms with van der Waals surface area (Å²) in [6.07, 6.45) is 1.52. The standard InChI is InChI=1S/C10H13NO3/c1-3-4-8-6-9(11(13)14)5-7(2)10(8)12/h5-6,12H,3-4H2,1-2H3. The predicted molar refractivity (Wildman–Crippen MR) is 53.5 cm³/mol. The van der Waals surface area contributed by atoms with Crippen molar-refractivity contribution >= 4 is 5.69 Å². The summed E-state index contributed by atoms with van der Waals surface area (Å²) in [7, 11) is 0. The van der Waals surface area contributed by atoms with Crippen molar-refractivity contribution < 1.29 is 10.0 Å². The van der Waals surface area contributed by atoms with Gasteiger partial charge in [0.05, 0.1) is 4.92 Å². The van der Waals surface area contributed by atoms with Gasteiger partial charge in [-0.3, -0.25) is 10.1 Å². The molecule has 0 aliphatic rings. The number of nitro benzene ring substituents is 1. The number of non-ortho nitro benzene ring substituents is 1. The van der Waals surface area contributed by atoms with E-state index in [0.717, 1.165) is 6.42 Å². The maximum atomic E-state index is 10.5. The fourth-order valence-corrected chi connectivity index (χ4v) is 1.40. The second-order valence-electron chi connectivity index (χ2n) is 3.28. The van der Waals surface area contributed by atoms with Gasteiger partial charge in [-0.15, -0.1) is 0 Å². The van der Waals surface area contributed by atoms with Crippen LogP contribution in [-0.2, 0) is 6.42 Å². The molecule has 0 heterocycles. The molecular formula is C10H13NO3. The minimum atomic E-state index is -0.439. The lowest BCUT2D eigenvalue weighted by Gasteiger charge is -2.05. The van der Waals surface area contributed by atoms with Crippen LogP contribution in [-0.4, -0.2) is 10.0 Å². The molecule has 4 heteroatoms. The van der Waals surface area contributed by atoms with Crippen molar-refractivity contribution in [1.29, 1.82) is 0 Å². The zero-order valence-electron chi connectivity index (χ0n) is 8.28. The molecule has 1 N–H and O–H groups in total. The number of benzene rings is 1. The van der Waals surface area contributed by atoms with Crippen molar-refractivity contribution in [3.8, 4) is 5.75 Å². The van der Waals surface area contributed by atoms with Crippen LogP contribution < -0.4 is 0 Å². The van der Waals surface area contributed by atoms with Crippen molar-refractivity contribution in [2.75, 3.05) is 0 Å². The Labute approximate surface area is 82.3 Å². The highest BCUT2D eigenvalue weighted by Gasteiger charge is 2.12. The van der Waals surface area contributed by atoms with E-state index in [1.165, 1.54) is 12.1 Å². The van der Waals surface area contributed by atoms with E-state index in [-0.39, 0.29) is 11.4 Å². The average Bonchev–Trinajstić information content (AvgIpc) is 2.12. The van der Waals surface area contributed by atoms with Gasteiger partial charge in [0.1, 0.15) is 5.75 Å². The molecule has 0 fully saturated rings. The molecule has 1 rings (SSSR count). The Morgan fingerprint density at radius 1 is 1.50 bits per heavy atom. The van der Waals surface area contributed by atoms with Crippen LogP contribution in [0, 0.1) is 17.0 Å². The topological polar surface area (TPSA) is 63.4 Å². The minimum Gasteiger partial charge on any atom is -0.507 e. The molecule has 0 aliphatic carbocycles. The first-order chi connectivity index (χ1) is 6.56. The largest absolute Gasteiger partial charge is 0.507 e. The summed E-state index contributed by atoms with van der Waals surface area (Å²) in [6, 6.07) is 2.82. The van der Waals surface area contributed by atoms with Crippen molar-refractivity contribution in [3.63, 3.8) is 0 Å². The van der Waals surface area contributed by atoms with Gasteiger partial charge in [-0.2, -0.15) is 0 Å². The Morgan fingerprint density at radius 2 is 2.14 bits per heavy atom. The SMILES string of the molecule is CCCc1cc([N+](=O)[O-])cc(C)c1O. The van der Waals surface area contributed by atoms with Gasteiger partial charge in [0.15, 0.2) is 0 Å². The molecule has 0 aliphatic heterocycles. The molecule has 0 spiro atoms. The van der Waals surface area contributed by atoms with Crippen LogP contribution in [0.3, 0.4) is 0 Å². The summed E-state index contributed by atoms with van der Waals surface area (Å²) in [6.45, 7) is 3.63. The van der Waals surface area contributed by atoms with Gasteiger partial charge < -0.3 is 5.11 Å². The Balaban J connectivity index is 3.20. The van der Waals surface area contributed by atoms with Gasteiger partial charge >= 0.3 is 0 Å². The molecule has 14 heavy (non-hydrogen) atoms. The van der Waals surface area contributed by atoms with Crippen molar-refractivity contribution in [2.24, 2.45) is 0 Å². The van der Waals surface area contributed by atoms with Crippen LogP contribution in [0.25, 0.3) is 0 Å². The number of nitro groups is 1. The number of aromatic hydroxyl groups is 1. The van der Waals surface area contributed by atoms with Crippen LogP contribution in [0.5, 0.6) is 5.75 Å². The lowest BCUT2D eigenvalue weighted by molar-refractivity contribution is -0.385. The summed E-state index contributed by atoms with van der Waals surface area (Å²) in [5.41, 5.74) is 1.26. The molecule has 0 radical (unpaired) electrons. The quantitative estimate of drug-likeness (QED) is 0.595. The van der Waals surface area contributed by atoms with Crippen LogP contribution in [0.4, 0.5) is 5.69 Å². The summed E-state index contributed by atoms with van der Waals surface area (Å²) in [5.74, 6) is 0.178. The molecule has 76 valence electrons. The molecule has 4 nitrogen and oxygen atoms in total. The minimum absolute atomic E-state index is 0.0451. The maximum absolute atomic E-state index is 10.5. The van der Waals surface area contributed by atoms with E-state index in [9.17, 15) is 15.2 Å². The van der Waals surface area contributed by atoms with Gasteiger partial charge in [0.25, 0.3) is 5.69 Å². The second-order valence-corrected chi connectivity index (χ2v) is 3.28. The zero-order valence-corrected chi connectivity index (χ0v) is 8.28. The summed E-state index contributed by atoms with van der Waals surface area (Å²) in [5, 5.41) is 20.2. The molecular weight excluding hydrogens is 182 g/mol. The number of hydrogen-bond acceptors (Lipinski definition) is 3. The van der Waals surface area contributed by atoms with Crippen LogP contribution in [0.2, 0.25) is 0 Å². The van der Waals surface area contributed by atoms with E-state index in [2.05, 4.69) is 0 Å². The summed E-state index contributed by atoms with van der Waals surface area (Å²) < 4.78 is 0. The number of hydrogen-bond donors (Lipinski definition) is 1. The van der Waals surface area contributed by atoms with Crippen LogP contribution in [0.1, 0.15) is 24.5 Å². The summed E-state index contributed by atoms with van der Waals surface area (Å²) in [4.78, 5) is 10.1. The highest BCUT2D eigenvalue weighted by atomic mass is 16.6. The van der Waals surface area contributed by atoms with Crippen molar-refractivity contribution in [2.45, 2.75) is 26.7 Å². The maximum Gasteiger partial charge on any atom is 0.270 e. The molecule has 0 amide bonds. The van der Waals surface area contributed by atoms with E-state index in [1.807, 2.05) is 6.92 Å². The van der Waals surface area contributed by atoms with E-state index in [1.54, 1.807) is 6.92 Å². The Bertz CT molecular complexity index is 361. The highest BCUT2D eigenvalue weighted by molar-refractivity contribution is 5.48. The third kappa shape index (κ3) is 2.02. The van der Waals surface area contributed by atoms with Gasteiger partial charge in [-0.25, -0.2) is 0 Å². The lowest BCUT2D eigenvalue weighted by Crippen LogP contribution is -1.93. The molecule has 0 atom stereocenters. The number of phenols is 1. The summed E-state index contributed by atoms with van der Waals surface area (Å²) >= 11 is 0. The molecule has 1 aromatic carbocycles. The fraction of sp³-hybridized carbons (Fsp3) is 0.400. The predicted octanol–water partition coefficient (Wildman–Crippen LogP) is 2.56. The third-order valence-electron chi connectivity index (χ3n) is 2.09. The average molecular weight is 195 g/mol. The molecule has 0 saturated heterocycles. The third-order valence-corrected chi connectivity index (χ3v) is 2.09. The zero-order chi connectivity index (χ0) is 10.7. The molecule has 0 saturated carbocycles. The number of phenolic OH excluding ortho intramolecular Hbond substituents is 1. The number of rotatable bonds is 3. The molecule has 0 unspecified atom stereocenters. The Hall–Kier alpha value is -1.58. The van der Waals surface area contributed by atoms with Gasteiger partial charge in [-0.05, 0) is 18.9 Å². The number of aryl methyl sites for hydroxylation is 2. The first-order valence-corrected chi connectivity index (χ1v) is 4.53. The lowest BCUT2D eigenvalue weighted by atomic mass is 10.0. The Kier molecular flexibility index (Phi) is 3.06. The molecule has 1 aromatic rings. The first-order valence-electron chi connectivity index (χ1n) is 4.53. The van der Waals surface area contributed by atoms with Gasteiger partial charge in [0, 0.05) is 17.7 Å². The van der Waals surface area contributed by atoms with Crippen LogP contribution in [0.15, 0.2) is 12.1 Å².